The van der Waals surface area contributed by atoms with Crippen molar-refractivity contribution in [2.24, 2.45) is 0 Å². The number of rotatable bonds is 3. The zero-order chi connectivity index (χ0) is 9.64. The summed E-state index contributed by atoms with van der Waals surface area (Å²) < 4.78 is 5.46. The normalized spacial score (nSPS) is 9.07. The van der Waals surface area contributed by atoms with Crippen LogP contribution < -0.4 is 23.6 Å². The van der Waals surface area contributed by atoms with Crippen LogP contribution in [0.2, 0.25) is 0 Å². The van der Waals surface area contributed by atoms with E-state index in [9.17, 15) is 0 Å². The van der Waals surface area contributed by atoms with Gasteiger partial charge in [-0.15, -0.1) is 6.07 Å². The van der Waals surface area contributed by atoms with Crippen molar-refractivity contribution < 1.29 is 23.6 Å². The molecule has 0 aliphatic heterocycles. The molecular weight excluding hydrogens is 181 g/mol. The summed E-state index contributed by atoms with van der Waals surface area (Å²) in [6, 6.07) is 16.4. The largest absolute Gasteiger partial charge is 1.00 e. The topological polar surface area (TPSA) is 22.1 Å². The van der Waals surface area contributed by atoms with Gasteiger partial charge in [-0.05, 0) is 5.56 Å². The number of hydrogen-bond acceptors (Lipinski definition) is 2. The number of hydrogen-bond donors (Lipinski definition) is 0. The molecular formula is C12H10LiNO. The van der Waals surface area contributed by atoms with Crippen molar-refractivity contribution in [2.45, 2.75) is 6.61 Å². The van der Waals surface area contributed by atoms with E-state index in [1.807, 2.05) is 30.3 Å². The summed E-state index contributed by atoms with van der Waals surface area (Å²) in [5.41, 5.74) is 1.14. The van der Waals surface area contributed by atoms with Crippen molar-refractivity contribution in [1.82, 2.24) is 4.98 Å². The van der Waals surface area contributed by atoms with Crippen LogP contribution in [0.1, 0.15) is 5.56 Å². The zero-order valence-electron chi connectivity index (χ0n) is 8.68. The maximum Gasteiger partial charge on any atom is 1.00 e. The van der Waals surface area contributed by atoms with Crippen LogP contribution in [-0.2, 0) is 6.61 Å². The molecule has 0 atom stereocenters. The van der Waals surface area contributed by atoms with Crippen LogP contribution >= 0.6 is 0 Å². The Morgan fingerprint density at radius 2 is 1.93 bits per heavy atom. The molecule has 0 saturated carbocycles. The van der Waals surface area contributed by atoms with Crippen molar-refractivity contribution in [2.75, 3.05) is 0 Å². The average Bonchev–Trinajstić information content (AvgIpc) is 2.29. The first-order valence-electron chi connectivity index (χ1n) is 4.44. The first-order chi connectivity index (χ1) is 6.95. The number of nitrogens with zero attached hydrogens (tertiary/aromatic N) is 1. The predicted octanol–water partition coefficient (Wildman–Crippen LogP) is -0.535. The minimum Gasteiger partial charge on any atom is -0.489 e. The molecule has 0 aliphatic rings. The SMILES string of the molecule is [Li+].[c-]1ccc(OCc2ccccc2)nc1. The van der Waals surface area contributed by atoms with Gasteiger partial charge in [-0.3, -0.25) is 4.98 Å². The number of pyridine rings is 1. The van der Waals surface area contributed by atoms with Crippen LogP contribution in [0.5, 0.6) is 5.88 Å². The standard InChI is InChI=1S/C12H10NO.Li/c1-2-6-11(7-3-1)10-14-12-8-4-5-9-13-12;/h1-4,6-9H,10H2;/q-1;+1. The van der Waals surface area contributed by atoms with Gasteiger partial charge in [0, 0.05) is 0 Å². The molecule has 2 nitrogen and oxygen atoms in total. The smallest absolute Gasteiger partial charge is 0.489 e. The zero-order valence-corrected chi connectivity index (χ0v) is 8.68. The van der Waals surface area contributed by atoms with E-state index in [0.717, 1.165) is 5.56 Å². The molecule has 0 bridgehead atoms. The van der Waals surface area contributed by atoms with Crippen molar-refractivity contribution >= 4 is 0 Å². The molecule has 0 spiro atoms. The maximum absolute atomic E-state index is 5.46. The molecule has 0 saturated heterocycles. The van der Waals surface area contributed by atoms with Gasteiger partial charge < -0.3 is 4.74 Å². The van der Waals surface area contributed by atoms with Crippen molar-refractivity contribution in [3.05, 3.63) is 60.3 Å². The fourth-order valence-electron chi connectivity index (χ4n) is 1.12. The molecule has 2 rings (SSSR count). The van der Waals surface area contributed by atoms with E-state index in [2.05, 4.69) is 11.1 Å². The van der Waals surface area contributed by atoms with Gasteiger partial charge in [0.05, 0.1) is 0 Å². The van der Waals surface area contributed by atoms with Gasteiger partial charge in [0.15, 0.2) is 0 Å². The summed E-state index contributed by atoms with van der Waals surface area (Å²) in [5.74, 6) is 0.632. The Balaban J connectivity index is 0.00000112. The third-order valence-electron chi connectivity index (χ3n) is 1.82. The van der Waals surface area contributed by atoms with Gasteiger partial charge in [-0.25, -0.2) is 12.1 Å². The second-order valence-electron chi connectivity index (χ2n) is 2.87. The van der Waals surface area contributed by atoms with Crippen LogP contribution in [-0.4, -0.2) is 4.98 Å². The first kappa shape index (κ1) is 11.8. The minimum absolute atomic E-state index is 0. The van der Waals surface area contributed by atoms with Crippen LogP contribution in [0.4, 0.5) is 0 Å². The first-order valence-corrected chi connectivity index (χ1v) is 4.44. The number of benzene rings is 1. The molecule has 70 valence electrons. The average molecular weight is 191 g/mol. The summed E-state index contributed by atoms with van der Waals surface area (Å²) >= 11 is 0. The van der Waals surface area contributed by atoms with E-state index in [4.69, 9.17) is 4.74 Å². The van der Waals surface area contributed by atoms with E-state index in [1.54, 1.807) is 18.3 Å². The summed E-state index contributed by atoms with van der Waals surface area (Å²) in [4.78, 5) is 4.02. The Kier molecular flexibility index (Phi) is 4.96. The molecule has 0 unspecified atom stereocenters. The third-order valence-corrected chi connectivity index (χ3v) is 1.82. The Morgan fingerprint density at radius 1 is 1.13 bits per heavy atom. The Labute approximate surface area is 101 Å². The second kappa shape index (κ2) is 6.29. The fraction of sp³-hybridized carbons (Fsp3) is 0.0833. The monoisotopic (exact) mass is 191 g/mol. The van der Waals surface area contributed by atoms with Gasteiger partial charge in [0.2, 0.25) is 0 Å². The Hall–Kier alpha value is -1.23. The van der Waals surface area contributed by atoms with E-state index in [1.165, 1.54) is 0 Å². The van der Waals surface area contributed by atoms with E-state index >= 15 is 0 Å². The molecule has 0 radical (unpaired) electrons. The third kappa shape index (κ3) is 3.79. The summed E-state index contributed by atoms with van der Waals surface area (Å²) in [6.45, 7) is 0.553. The second-order valence-corrected chi connectivity index (χ2v) is 2.87. The van der Waals surface area contributed by atoms with E-state index in [0.29, 0.717) is 12.5 Å². The molecule has 15 heavy (non-hydrogen) atoms. The number of ether oxygens (including phenoxy) is 1. The number of aromatic nitrogens is 1. The van der Waals surface area contributed by atoms with Gasteiger partial charge >= 0.3 is 18.9 Å². The molecule has 0 N–H and O–H groups in total. The van der Waals surface area contributed by atoms with Crippen LogP contribution in [0, 0.1) is 6.07 Å². The van der Waals surface area contributed by atoms with Crippen molar-refractivity contribution in [1.29, 1.82) is 0 Å². The van der Waals surface area contributed by atoms with Gasteiger partial charge in [0.1, 0.15) is 12.5 Å². The minimum atomic E-state index is 0. The van der Waals surface area contributed by atoms with Crippen LogP contribution in [0.25, 0.3) is 0 Å². The quantitative estimate of drug-likeness (QED) is 0.480. The van der Waals surface area contributed by atoms with Gasteiger partial charge in [0.25, 0.3) is 0 Å². The Bertz CT molecular complexity index is 338. The van der Waals surface area contributed by atoms with E-state index in [-0.39, 0.29) is 18.9 Å². The predicted molar refractivity (Wildman–Crippen MR) is 53.8 cm³/mol. The summed E-state index contributed by atoms with van der Waals surface area (Å²) in [6.07, 6.45) is 1.60. The maximum atomic E-state index is 5.46. The molecule has 3 heteroatoms. The van der Waals surface area contributed by atoms with Crippen LogP contribution in [0.15, 0.2) is 48.7 Å². The molecule has 1 heterocycles. The molecule has 0 aliphatic carbocycles. The molecule has 1 aromatic heterocycles. The summed E-state index contributed by atoms with van der Waals surface area (Å²) in [5, 5.41) is 0. The van der Waals surface area contributed by atoms with Gasteiger partial charge in [-0.2, -0.15) is 0 Å². The van der Waals surface area contributed by atoms with Crippen molar-refractivity contribution in [3.8, 4) is 5.88 Å². The van der Waals surface area contributed by atoms with Gasteiger partial charge in [-0.1, -0.05) is 36.5 Å². The van der Waals surface area contributed by atoms with E-state index < -0.39 is 0 Å². The Morgan fingerprint density at radius 3 is 2.60 bits per heavy atom. The fourth-order valence-corrected chi connectivity index (χ4v) is 1.12. The van der Waals surface area contributed by atoms with Crippen LogP contribution in [0.3, 0.4) is 0 Å². The van der Waals surface area contributed by atoms with Crippen molar-refractivity contribution in [3.63, 3.8) is 0 Å². The molecule has 1 aromatic carbocycles. The molecule has 0 amide bonds. The molecule has 2 aromatic rings. The summed E-state index contributed by atoms with van der Waals surface area (Å²) in [7, 11) is 0. The molecule has 0 fully saturated rings.